The molecule has 2 N–H and O–H groups in total. The van der Waals surface area contributed by atoms with E-state index in [1.807, 2.05) is 39.0 Å². The van der Waals surface area contributed by atoms with E-state index in [4.69, 9.17) is 0 Å². The van der Waals surface area contributed by atoms with E-state index < -0.39 is 0 Å². The van der Waals surface area contributed by atoms with Crippen molar-refractivity contribution in [3.05, 3.63) is 35.5 Å². The summed E-state index contributed by atoms with van der Waals surface area (Å²) >= 11 is 0. The number of benzene rings is 1. The van der Waals surface area contributed by atoms with Crippen molar-refractivity contribution in [3.63, 3.8) is 0 Å². The quantitative estimate of drug-likeness (QED) is 0.854. The summed E-state index contributed by atoms with van der Waals surface area (Å²) in [5.74, 6) is -0.0456. The zero-order valence-corrected chi connectivity index (χ0v) is 11.4. The van der Waals surface area contributed by atoms with Gasteiger partial charge in [0.05, 0.1) is 0 Å². The molecule has 1 aromatic carbocycles. The van der Waals surface area contributed by atoms with Gasteiger partial charge in [-0.15, -0.1) is 0 Å². The number of nitrogens with one attached hydrogen (secondary N) is 2. The first-order valence-electron chi connectivity index (χ1n) is 6.33. The molecular weight excluding hydrogens is 224 g/mol. The van der Waals surface area contributed by atoms with Crippen molar-refractivity contribution in [2.45, 2.75) is 39.7 Å². The molecule has 0 saturated carbocycles. The molecule has 1 heterocycles. The Morgan fingerprint density at radius 2 is 2.06 bits per heavy atom. The lowest BCUT2D eigenvalue weighted by atomic mass is 10.0. The minimum absolute atomic E-state index is 0.0456. The Morgan fingerprint density at radius 1 is 1.33 bits per heavy atom. The van der Waals surface area contributed by atoms with E-state index in [9.17, 15) is 4.79 Å². The Bertz CT molecular complexity index is 581. The van der Waals surface area contributed by atoms with Crippen LogP contribution in [-0.2, 0) is 0 Å². The van der Waals surface area contributed by atoms with Crippen LogP contribution >= 0.6 is 0 Å². The first-order valence-corrected chi connectivity index (χ1v) is 6.33. The number of hydrogen-bond acceptors (Lipinski definition) is 1. The Morgan fingerprint density at radius 3 is 2.72 bits per heavy atom. The monoisotopic (exact) mass is 244 g/mol. The van der Waals surface area contributed by atoms with Gasteiger partial charge in [0, 0.05) is 16.4 Å². The topological polar surface area (TPSA) is 44.9 Å². The number of carbonyl (C=O) groups excluding carboxylic acids is 1. The molecule has 1 amide bonds. The molecule has 2 rings (SSSR count). The summed E-state index contributed by atoms with van der Waals surface area (Å²) in [5.41, 5.74) is 2.64. The van der Waals surface area contributed by atoms with Crippen molar-refractivity contribution in [2.24, 2.45) is 0 Å². The largest absolute Gasteiger partial charge is 0.351 e. The zero-order chi connectivity index (χ0) is 13.3. The second kappa shape index (κ2) is 4.48. The van der Waals surface area contributed by atoms with Gasteiger partial charge in [-0.05, 0) is 44.9 Å². The number of H-pyrrole nitrogens is 1. The molecule has 0 fully saturated rings. The van der Waals surface area contributed by atoms with Crippen LogP contribution < -0.4 is 5.32 Å². The maximum atomic E-state index is 12.1. The van der Waals surface area contributed by atoms with Gasteiger partial charge in [-0.1, -0.05) is 19.1 Å². The van der Waals surface area contributed by atoms with Gasteiger partial charge in [-0.25, -0.2) is 0 Å². The van der Waals surface area contributed by atoms with E-state index in [0.29, 0.717) is 5.69 Å². The molecule has 2 aromatic rings. The Balaban J connectivity index is 2.28. The molecule has 96 valence electrons. The van der Waals surface area contributed by atoms with Gasteiger partial charge in [0.25, 0.3) is 5.91 Å². The van der Waals surface area contributed by atoms with Crippen LogP contribution in [0.5, 0.6) is 0 Å². The number of aryl methyl sites for hydroxylation is 1. The van der Waals surface area contributed by atoms with Gasteiger partial charge < -0.3 is 10.3 Å². The number of amides is 1. The minimum Gasteiger partial charge on any atom is -0.351 e. The number of aromatic nitrogens is 1. The van der Waals surface area contributed by atoms with Crippen molar-refractivity contribution in [3.8, 4) is 0 Å². The molecule has 1 aromatic heterocycles. The summed E-state index contributed by atoms with van der Waals surface area (Å²) in [4.78, 5) is 15.3. The summed E-state index contributed by atoms with van der Waals surface area (Å²) < 4.78 is 0. The van der Waals surface area contributed by atoms with Crippen molar-refractivity contribution >= 4 is 16.8 Å². The minimum atomic E-state index is -0.176. The standard InChI is InChI=1S/C15H20N2O/c1-5-15(3,4)17-14(18)13-9-11-7-6-10(2)8-12(11)16-13/h6-9,16H,5H2,1-4H3,(H,17,18). The second-order valence-corrected chi connectivity index (χ2v) is 5.47. The maximum Gasteiger partial charge on any atom is 0.268 e. The zero-order valence-electron chi connectivity index (χ0n) is 11.4. The summed E-state index contributed by atoms with van der Waals surface area (Å²) in [7, 11) is 0. The molecule has 3 heteroatoms. The van der Waals surface area contributed by atoms with Crippen molar-refractivity contribution in [1.82, 2.24) is 10.3 Å². The van der Waals surface area contributed by atoms with Crippen LogP contribution in [0.3, 0.4) is 0 Å². The van der Waals surface area contributed by atoms with Gasteiger partial charge in [-0.2, -0.15) is 0 Å². The van der Waals surface area contributed by atoms with Crippen LogP contribution in [-0.4, -0.2) is 16.4 Å². The van der Waals surface area contributed by atoms with Gasteiger partial charge in [0.15, 0.2) is 0 Å². The second-order valence-electron chi connectivity index (χ2n) is 5.47. The molecule has 0 aliphatic heterocycles. The van der Waals surface area contributed by atoms with E-state index in [-0.39, 0.29) is 11.4 Å². The van der Waals surface area contributed by atoms with Gasteiger partial charge >= 0.3 is 0 Å². The summed E-state index contributed by atoms with van der Waals surface area (Å²) in [6.07, 6.45) is 0.901. The molecule has 0 aliphatic carbocycles. The van der Waals surface area contributed by atoms with Gasteiger partial charge in [0.1, 0.15) is 5.69 Å². The van der Waals surface area contributed by atoms with Gasteiger partial charge in [0.2, 0.25) is 0 Å². The van der Waals surface area contributed by atoms with E-state index >= 15 is 0 Å². The normalized spacial score (nSPS) is 11.8. The highest BCUT2D eigenvalue weighted by atomic mass is 16.2. The van der Waals surface area contributed by atoms with Crippen LogP contribution in [0.25, 0.3) is 10.9 Å². The van der Waals surface area contributed by atoms with Crippen LogP contribution in [0.4, 0.5) is 0 Å². The lowest BCUT2D eigenvalue weighted by Gasteiger charge is -2.23. The van der Waals surface area contributed by atoms with Crippen LogP contribution in [0.2, 0.25) is 0 Å². The number of carbonyl (C=O) groups is 1. The fourth-order valence-electron chi connectivity index (χ4n) is 1.83. The van der Waals surface area contributed by atoms with Gasteiger partial charge in [-0.3, -0.25) is 4.79 Å². The molecule has 0 saturated heterocycles. The fraction of sp³-hybridized carbons (Fsp3) is 0.400. The van der Waals surface area contributed by atoms with Crippen molar-refractivity contribution in [2.75, 3.05) is 0 Å². The number of hydrogen-bond donors (Lipinski definition) is 2. The molecule has 0 radical (unpaired) electrons. The molecule has 0 atom stereocenters. The summed E-state index contributed by atoms with van der Waals surface area (Å²) in [6, 6.07) is 8.03. The van der Waals surface area contributed by atoms with E-state index in [1.165, 1.54) is 5.56 Å². The number of aromatic amines is 1. The molecule has 3 nitrogen and oxygen atoms in total. The molecule has 0 bridgehead atoms. The maximum absolute atomic E-state index is 12.1. The predicted octanol–water partition coefficient (Wildman–Crippen LogP) is 3.39. The molecule has 18 heavy (non-hydrogen) atoms. The Hall–Kier alpha value is -1.77. The highest BCUT2D eigenvalue weighted by Crippen LogP contribution is 2.17. The highest BCUT2D eigenvalue weighted by Gasteiger charge is 2.19. The van der Waals surface area contributed by atoms with Crippen LogP contribution in [0.15, 0.2) is 24.3 Å². The molecular formula is C15H20N2O. The average Bonchev–Trinajstić information content (AvgIpc) is 2.71. The van der Waals surface area contributed by atoms with Crippen molar-refractivity contribution in [1.29, 1.82) is 0 Å². The van der Waals surface area contributed by atoms with E-state index in [1.54, 1.807) is 0 Å². The highest BCUT2D eigenvalue weighted by molar-refractivity contribution is 5.98. The Labute approximate surface area is 108 Å². The molecule has 0 unspecified atom stereocenters. The SMILES string of the molecule is CCC(C)(C)NC(=O)c1cc2ccc(C)cc2[nH]1. The third kappa shape index (κ3) is 2.55. The lowest BCUT2D eigenvalue weighted by Crippen LogP contribution is -2.42. The van der Waals surface area contributed by atoms with Crippen LogP contribution in [0.1, 0.15) is 43.2 Å². The van der Waals surface area contributed by atoms with Crippen molar-refractivity contribution < 1.29 is 4.79 Å². The van der Waals surface area contributed by atoms with E-state index in [0.717, 1.165) is 17.3 Å². The molecule has 0 aliphatic rings. The lowest BCUT2D eigenvalue weighted by molar-refractivity contribution is 0.0907. The van der Waals surface area contributed by atoms with E-state index in [2.05, 4.69) is 23.3 Å². The summed E-state index contributed by atoms with van der Waals surface area (Å²) in [5, 5.41) is 4.10. The third-order valence-electron chi connectivity index (χ3n) is 3.36. The summed E-state index contributed by atoms with van der Waals surface area (Å²) in [6.45, 7) is 8.16. The molecule has 0 spiro atoms. The number of fused-ring (bicyclic) bond motifs is 1. The first-order chi connectivity index (χ1) is 8.41. The first kappa shape index (κ1) is 12.7. The predicted molar refractivity (Wildman–Crippen MR) is 74.9 cm³/mol. The average molecular weight is 244 g/mol. The Kier molecular flexibility index (Phi) is 3.16. The third-order valence-corrected chi connectivity index (χ3v) is 3.36. The van der Waals surface area contributed by atoms with Crippen LogP contribution in [0, 0.1) is 6.92 Å². The smallest absolute Gasteiger partial charge is 0.268 e. The number of rotatable bonds is 3. The fourth-order valence-corrected chi connectivity index (χ4v) is 1.83.